The zero-order chi connectivity index (χ0) is 24.0. The summed E-state index contributed by atoms with van der Waals surface area (Å²) >= 11 is 5.59. The molecule has 0 unspecified atom stereocenters. The molecule has 3 rings (SSSR count). The van der Waals surface area contributed by atoms with Crippen molar-refractivity contribution in [2.45, 2.75) is 6.18 Å². The van der Waals surface area contributed by atoms with Gasteiger partial charge in [0.1, 0.15) is 0 Å². The Balaban J connectivity index is 1.53. The Morgan fingerprint density at radius 1 is 1.15 bits per heavy atom. The van der Waals surface area contributed by atoms with Gasteiger partial charge in [0.05, 0.1) is 30.3 Å². The van der Waals surface area contributed by atoms with E-state index >= 15 is 0 Å². The molecule has 0 bridgehead atoms. The Labute approximate surface area is 194 Å². The number of rotatable bonds is 6. The molecule has 6 nitrogen and oxygen atoms in total. The Morgan fingerprint density at radius 3 is 2.45 bits per heavy atom. The van der Waals surface area contributed by atoms with Gasteiger partial charge in [-0.3, -0.25) is 9.59 Å². The summed E-state index contributed by atoms with van der Waals surface area (Å²) in [5.74, 6) is -0.930. The number of carbonyl (C=O) groups excluding carboxylic acids is 2. The summed E-state index contributed by atoms with van der Waals surface area (Å²) in [4.78, 5) is 27.9. The number of hydrogen-bond acceptors (Lipinski definition) is 4. The Kier molecular flexibility index (Phi) is 7.99. The number of benzene rings is 2. The van der Waals surface area contributed by atoms with Gasteiger partial charge in [-0.25, -0.2) is 0 Å². The number of amides is 2. The van der Waals surface area contributed by atoms with Crippen molar-refractivity contribution in [2.75, 3.05) is 50.1 Å². The summed E-state index contributed by atoms with van der Waals surface area (Å²) in [6.45, 7) is 2.74. The minimum Gasteiger partial charge on any atom is -0.378 e. The second-order valence-corrected chi connectivity index (χ2v) is 7.87. The van der Waals surface area contributed by atoms with Crippen molar-refractivity contribution in [1.82, 2.24) is 4.90 Å². The molecule has 0 saturated carbocycles. The van der Waals surface area contributed by atoms with Gasteiger partial charge in [-0.2, -0.15) is 13.2 Å². The van der Waals surface area contributed by atoms with E-state index in [1.165, 1.54) is 19.2 Å². The molecule has 176 valence electrons. The quantitative estimate of drug-likeness (QED) is 0.625. The molecule has 1 aliphatic heterocycles. The fraction of sp³-hybridized carbons (Fsp3) is 0.304. The van der Waals surface area contributed by atoms with Crippen LogP contribution in [0.2, 0.25) is 5.02 Å². The Hall–Kier alpha value is -3.04. The molecule has 0 aliphatic carbocycles. The van der Waals surface area contributed by atoms with Crippen LogP contribution in [0.15, 0.2) is 48.5 Å². The first-order valence-corrected chi connectivity index (χ1v) is 10.5. The first-order chi connectivity index (χ1) is 15.6. The van der Waals surface area contributed by atoms with Crippen LogP contribution in [0, 0.1) is 0 Å². The highest BCUT2D eigenvalue weighted by Crippen LogP contribution is 2.35. The number of alkyl halides is 3. The first-order valence-electron chi connectivity index (χ1n) is 10.2. The molecule has 10 heteroatoms. The predicted octanol–water partition coefficient (Wildman–Crippen LogP) is 4.31. The molecule has 2 aromatic rings. The van der Waals surface area contributed by atoms with E-state index in [4.69, 9.17) is 16.3 Å². The maximum absolute atomic E-state index is 13.0. The molecule has 0 spiro atoms. The lowest BCUT2D eigenvalue weighted by Crippen LogP contribution is -2.36. The van der Waals surface area contributed by atoms with Gasteiger partial charge >= 0.3 is 6.18 Å². The molecule has 1 N–H and O–H groups in total. The van der Waals surface area contributed by atoms with Gasteiger partial charge in [0.25, 0.3) is 0 Å². The third kappa shape index (κ3) is 6.97. The number of halogens is 4. The maximum Gasteiger partial charge on any atom is 0.417 e. The fourth-order valence-electron chi connectivity index (χ4n) is 3.23. The second kappa shape index (κ2) is 10.7. The standard InChI is InChI=1S/C23H23ClF3N3O3/c1-29(22(32)9-3-16-2-8-20(24)19(14-16)23(25,26)27)15-21(31)28-17-4-6-18(7-5-17)30-10-12-33-13-11-30/h2-9,14H,10-13,15H2,1H3,(H,28,31)/b9-3+. The third-order valence-corrected chi connectivity index (χ3v) is 5.33. The fourth-order valence-corrected chi connectivity index (χ4v) is 3.45. The molecular formula is C23H23ClF3N3O3. The molecule has 1 aliphatic rings. The number of nitrogens with one attached hydrogen (secondary N) is 1. The van der Waals surface area contributed by atoms with E-state index in [-0.39, 0.29) is 12.1 Å². The van der Waals surface area contributed by atoms with E-state index in [1.54, 1.807) is 12.1 Å². The van der Waals surface area contributed by atoms with Crippen molar-refractivity contribution in [3.63, 3.8) is 0 Å². The lowest BCUT2D eigenvalue weighted by Gasteiger charge is -2.28. The van der Waals surface area contributed by atoms with Crippen LogP contribution < -0.4 is 10.2 Å². The normalized spacial score (nSPS) is 14.4. The van der Waals surface area contributed by atoms with E-state index in [0.717, 1.165) is 41.9 Å². The summed E-state index contributed by atoms with van der Waals surface area (Å²) < 4.78 is 44.2. The van der Waals surface area contributed by atoms with Gasteiger partial charge in [0.15, 0.2) is 0 Å². The zero-order valence-electron chi connectivity index (χ0n) is 17.9. The van der Waals surface area contributed by atoms with E-state index < -0.39 is 28.6 Å². The molecule has 0 radical (unpaired) electrons. The molecule has 2 amide bonds. The summed E-state index contributed by atoms with van der Waals surface area (Å²) in [7, 11) is 1.43. The number of morpholine rings is 1. The summed E-state index contributed by atoms with van der Waals surface area (Å²) in [5, 5.41) is 2.30. The number of hydrogen-bond donors (Lipinski definition) is 1. The Bertz CT molecular complexity index is 1020. The summed E-state index contributed by atoms with van der Waals surface area (Å²) in [6, 6.07) is 10.7. The average Bonchev–Trinajstić information content (AvgIpc) is 2.78. The highest BCUT2D eigenvalue weighted by Gasteiger charge is 2.33. The highest BCUT2D eigenvalue weighted by molar-refractivity contribution is 6.31. The lowest BCUT2D eigenvalue weighted by molar-refractivity contribution is -0.137. The number of carbonyl (C=O) groups is 2. The van der Waals surface area contributed by atoms with Crippen molar-refractivity contribution in [1.29, 1.82) is 0 Å². The van der Waals surface area contributed by atoms with Gasteiger partial charge in [0, 0.05) is 37.6 Å². The predicted molar refractivity (Wildman–Crippen MR) is 121 cm³/mol. The van der Waals surface area contributed by atoms with Crippen molar-refractivity contribution in [3.05, 3.63) is 64.7 Å². The molecular weight excluding hydrogens is 459 g/mol. The van der Waals surface area contributed by atoms with Crippen molar-refractivity contribution >= 4 is 40.9 Å². The van der Waals surface area contributed by atoms with Crippen LogP contribution >= 0.6 is 11.6 Å². The summed E-state index contributed by atoms with van der Waals surface area (Å²) in [6.07, 6.45) is -2.25. The molecule has 1 fully saturated rings. The largest absolute Gasteiger partial charge is 0.417 e. The molecule has 0 aromatic heterocycles. The topological polar surface area (TPSA) is 61.9 Å². The first kappa shape index (κ1) is 24.6. The van der Waals surface area contributed by atoms with Gasteiger partial charge in [-0.15, -0.1) is 0 Å². The van der Waals surface area contributed by atoms with Crippen LogP contribution in [0.25, 0.3) is 6.08 Å². The Morgan fingerprint density at radius 2 is 1.82 bits per heavy atom. The van der Waals surface area contributed by atoms with Gasteiger partial charge < -0.3 is 19.9 Å². The number of anilines is 2. The second-order valence-electron chi connectivity index (χ2n) is 7.46. The molecule has 2 aromatic carbocycles. The van der Waals surface area contributed by atoms with E-state index in [1.807, 2.05) is 12.1 Å². The van der Waals surface area contributed by atoms with E-state index in [2.05, 4.69) is 10.2 Å². The van der Waals surface area contributed by atoms with Crippen LogP contribution in [0.5, 0.6) is 0 Å². The average molecular weight is 482 g/mol. The van der Waals surface area contributed by atoms with Gasteiger partial charge in [-0.1, -0.05) is 17.7 Å². The summed E-state index contributed by atoms with van der Waals surface area (Å²) in [5.41, 5.74) is 0.809. The minimum atomic E-state index is -4.60. The van der Waals surface area contributed by atoms with Crippen molar-refractivity contribution in [3.8, 4) is 0 Å². The van der Waals surface area contributed by atoms with Crippen LogP contribution in [-0.4, -0.2) is 56.6 Å². The zero-order valence-corrected chi connectivity index (χ0v) is 18.6. The van der Waals surface area contributed by atoms with Gasteiger partial charge in [0.2, 0.25) is 11.8 Å². The highest BCUT2D eigenvalue weighted by atomic mass is 35.5. The number of ether oxygens (including phenoxy) is 1. The third-order valence-electron chi connectivity index (χ3n) is 5.00. The van der Waals surface area contributed by atoms with E-state index in [9.17, 15) is 22.8 Å². The van der Waals surface area contributed by atoms with Gasteiger partial charge in [-0.05, 0) is 48.0 Å². The van der Waals surface area contributed by atoms with Crippen molar-refractivity contribution < 1.29 is 27.5 Å². The SMILES string of the molecule is CN(CC(=O)Nc1ccc(N2CCOCC2)cc1)C(=O)/C=C/c1ccc(Cl)c(C(F)(F)F)c1. The molecule has 1 saturated heterocycles. The van der Waals surface area contributed by atoms with Crippen LogP contribution in [0.3, 0.4) is 0 Å². The van der Waals surface area contributed by atoms with E-state index in [0.29, 0.717) is 18.9 Å². The smallest absolute Gasteiger partial charge is 0.378 e. The lowest BCUT2D eigenvalue weighted by atomic mass is 10.1. The van der Waals surface area contributed by atoms with Crippen LogP contribution in [-0.2, 0) is 20.5 Å². The monoisotopic (exact) mass is 481 g/mol. The van der Waals surface area contributed by atoms with Crippen LogP contribution in [0.1, 0.15) is 11.1 Å². The molecule has 33 heavy (non-hydrogen) atoms. The minimum absolute atomic E-state index is 0.165. The molecule has 1 heterocycles. The maximum atomic E-state index is 13.0. The van der Waals surface area contributed by atoms with Crippen molar-refractivity contribution in [2.24, 2.45) is 0 Å². The van der Waals surface area contributed by atoms with Crippen LogP contribution in [0.4, 0.5) is 24.5 Å². The molecule has 0 atom stereocenters. The number of nitrogens with zero attached hydrogens (tertiary/aromatic N) is 2. The number of likely N-dealkylation sites (N-methyl/N-ethyl adjacent to an activating group) is 1.